The zero-order valence-electron chi connectivity index (χ0n) is 6.92. The van der Waals surface area contributed by atoms with Crippen molar-refractivity contribution < 1.29 is 14.3 Å². The summed E-state index contributed by atoms with van der Waals surface area (Å²) in [5.41, 5.74) is 0. The number of methoxy groups -OCH3 is 1. The maximum absolute atomic E-state index is 10.7. The van der Waals surface area contributed by atoms with Gasteiger partial charge in [0, 0.05) is 19.0 Å². The van der Waals surface area contributed by atoms with E-state index in [0.717, 1.165) is 0 Å². The van der Waals surface area contributed by atoms with Crippen molar-refractivity contribution in [1.29, 1.82) is 0 Å². The van der Waals surface area contributed by atoms with Crippen molar-refractivity contribution in [2.24, 2.45) is 0 Å². The van der Waals surface area contributed by atoms with E-state index in [9.17, 15) is 9.59 Å². The highest BCUT2D eigenvalue weighted by molar-refractivity contribution is 5.79. The van der Waals surface area contributed by atoms with Gasteiger partial charge >= 0.3 is 5.97 Å². The van der Waals surface area contributed by atoms with Gasteiger partial charge in [-0.15, -0.1) is 0 Å². The molecule has 2 N–H and O–H groups in total. The molecule has 0 radical (unpaired) electrons. The van der Waals surface area contributed by atoms with E-state index in [-0.39, 0.29) is 24.5 Å². The molecule has 0 bridgehead atoms. The monoisotopic (exact) mass is 172 g/mol. The second-order valence-electron chi connectivity index (χ2n) is 2.66. The molecule has 0 aliphatic carbocycles. The van der Waals surface area contributed by atoms with Crippen molar-refractivity contribution in [3.63, 3.8) is 0 Å². The van der Waals surface area contributed by atoms with Crippen LogP contribution in [-0.4, -0.2) is 38.1 Å². The number of hydrogen-bond acceptors (Lipinski definition) is 4. The van der Waals surface area contributed by atoms with Crippen LogP contribution in [0.1, 0.15) is 6.42 Å². The highest BCUT2D eigenvalue weighted by atomic mass is 16.5. The fourth-order valence-electron chi connectivity index (χ4n) is 1.05. The first-order valence-electron chi connectivity index (χ1n) is 3.79. The quantitative estimate of drug-likeness (QED) is 0.516. The minimum absolute atomic E-state index is 0.0253. The number of amides is 1. The Hall–Kier alpha value is -1.10. The smallest absolute Gasteiger partial charge is 0.319 e. The van der Waals surface area contributed by atoms with Gasteiger partial charge in [0.15, 0.2) is 0 Å². The molecular weight excluding hydrogens is 160 g/mol. The van der Waals surface area contributed by atoms with Crippen molar-refractivity contribution in [2.75, 3.05) is 20.2 Å². The lowest BCUT2D eigenvalue weighted by Gasteiger charge is -2.07. The molecule has 0 aromatic heterocycles. The molecule has 0 aromatic carbocycles. The van der Waals surface area contributed by atoms with Gasteiger partial charge in [-0.3, -0.25) is 9.59 Å². The van der Waals surface area contributed by atoms with Crippen molar-refractivity contribution in [1.82, 2.24) is 10.6 Å². The topological polar surface area (TPSA) is 67.4 Å². The molecule has 1 unspecified atom stereocenters. The summed E-state index contributed by atoms with van der Waals surface area (Å²) >= 11 is 0. The van der Waals surface area contributed by atoms with E-state index in [2.05, 4.69) is 15.4 Å². The third-order valence-corrected chi connectivity index (χ3v) is 1.74. The van der Waals surface area contributed by atoms with Crippen LogP contribution in [0, 0.1) is 0 Å². The van der Waals surface area contributed by atoms with Gasteiger partial charge < -0.3 is 15.4 Å². The number of ether oxygens (including phenoxy) is 1. The zero-order valence-corrected chi connectivity index (χ0v) is 6.92. The van der Waals surface area contributed by atoms with Gasteiger partial charge in [0.1, 0.15) is 0 Å². The summed E-state index contributed by atoms with van der Waals surface area (Å²) in [5.74, 6) is -0.285. The number of nitrogens with one attached hydrogen (secondary N) is 2. The highest BCUT2D eigenvalue weighted by Crippen LogP contribution is 1.97. The summed E-state index contributed by atoms with van der Waals surface area (Å²) in [5, 5.41) is 5.56. The Bertz CT molecular complexity index is 193. The number of esters is 1. The van der Waals surface area contributed by atoms with E-state index in [1.165, 1.54) is 7.11 Å². The lowest BCUT2D eigenvalue weighted by atomic mass is 10.2. The van der Waals surface area contributed by atoms with E-state index >= 15 is 0 Å². The predicted molar refractivity (Wildman–Crippen MR) is 41.4 cm³/mol. The van der Waals surface area contributed by atoms with Crippen LogP contribution in [0.15, 0.2) is 0 Å². The summed E-state index contributed by atoms with van der Waals surface area (Å²) in [7, 11) is 1.34. The van der Waals surface area contributed by atoms with Crippen LogP contribution < -0.4 is 10.6 Å². The van der Waals surface area contributed by atoms with Gasteiger partial charge in [-0.25, -0.2) is 0 Å². The second-order valence-corrected chi connectivity index (χ2v) is 2.66. The molecule has 1 heterocycles. The maximum atomic E-state index is 10.7. The van der Waals surface area contributed by atoms with Gasteiger partial charge in [0.25, 0.3) is 0 Å². The summed E-state index contributed by atoms with van der Waals surface area (Å²) in [6.45, 7) is 0.756. The van der Waals surface area contributed by atoms with E-state index in [1.54, 1.807) is 0 Å². The SMILES string of the molecule is COC(=O)CNC1CNC(=O)C1. The van der Waals surface area contributed by atoms with Crippen LogP contribution in [0.4, 0.5) is 0 Å². The second kappa shape index (κ2) is 4.06. The van der Waals surface area contributed by atoms with E-state index in [4.69, 9.17) is 0 Å². The number of carbonyl (C=O) groups is 2. The van der Waals surface area contributed by atoms with E-state index < -0.39 is 0 Å². The van der Waals surface area contributed by atoms with Crippen molar-refractivity contribution in [3.05, 3.63) is 0 Å². The average molecular weight is 172 g/mol. The molecule has 5 nitrogen and oxygen atoms in total. The molecule has 0 aromatic rings. The van der Waals surface area contributed by atoms with Crippen LogP contribution in [0.25, 0.3) is 0 Å². The molecule has 1 aliphatic heterocycles. The Labute approximate surface area is 70.5 Å². The van der Waals surface area contributed by atoms with Crippen molar-refractivity contribution in [2.45, 2.75) is 12.5 Å². The van der Waals surface area contributed by atoms with Gasteiger partial charge in [0.05, 0.1) is 13.7 Å². The standard InChI is InChI=1S/C7H12N2O3/c1-12-7(11)4-8-5-2-6(10)9-3-5/h5,8H,2-4H2,1H3,(H,9,10). The third-order valence-electron chi connectivity index (χ3n) is 1.74. The van der Waals surface area contributed by atoms with Crippen LogP contribution in [0.5, 0.6) is 0 Å². The Morgan fingerprint density at radius 3 is 3.08 bits per heavy atom. The lowest BCUT2D eigenvalue weighted by Crippen LogP contribution is -2.35. The predicted octanol–water partition coefficient (Wildman–Crippen LogP) is -1.36. The number of rotatable bonds is 3. The zero-order chi connectivity index (χ0) is 8.97. The van der Waals surface area contributed by atoms with Gasteiger partial charge in [-0.1, -0.05) is 0 Å². The minimum Gasteiger partial charge on any atom is -0.468 e. The van der Waals surface area contributed by atoms with Crippen molar-refractivity contribution >= 4 is 11.9 Å². The van der Waals surface area contributed by atoms with Gasteiger partial charge in [-0.2, -0.15) is 0 Å². The summed E-state index contributed by atoms with van der Waals surface area (Å²) in [6, 6.07) is 0.0663. The molecule has 12 heavy (non-hydrogen) atoms. The minimum atomic E-state index is -0.311. The normalized spacial score (nSPS) is 22.1. The Balaban J connectivity index is 2.16. The summed E-state index contributed by atoms with van der Waals surface area (Å²) in [6.07, 6.45) is 0.441. The number of carbonyl (C=O) groups excluding carboxylic acids is 2. The van der Waals surface area contributed by atoms with E-state index in [1.807, 2.05) is 0 Å². The first-order chi connectivity index (χ1) is 5.72. The maximum Gasteiger partial charge on any atom is 0.319 e. The molecular formula is C7H12N2O3. The molecule has 1 aliphatic rings. The first kappa shape index (κ1) is 8.99. The van der Waals surface area contributed by atoms with Crippen LogP contribution in [0.3, 0.4) is 0 Å². The van der Waals surface area contributed by atoms with Gasteiger partial charge in [0.2, 0.25) is 5.91 Å². The molecule has 0 saturated carbocycles. The van der Waals surface area contributed by atoms with Crippen LogP contribution in [0.2, 0.25) is 0 Å². The highest BCUT2D eigenvalue weighted by Gasteiger charge is 2.21. The summed E-state index contributed by atoms with van der Waals surface area (Å²) in [4.78, 5) is 21.4. The Morgan fingerprint density at radius 2 is 2.58 bits per heavy atom. The Kier molecular flexibility index (Phi) is 3.04. The first-order valence-corrected chi connectivity index (χ1v) is 3.79. The van der Waals surface area contributed by atoms with Crippen LogP contribution >= 0.6 is 0 Å². The molecule has 1 atom stereocenters. The van der Waals surface area contributed by atoms with E-state index in [0.29, 0.717) is 13.0 Å². The Morgan fingerprint density at radius 1 is 1.83 bits per heavy atom. The number of hydrogen-bond donors (Lipinski definition) is 2. The lowest BCUT2D eigenvalue weighted by molar-refractivity contribution is -0.139. The third kappa shape index (κ3) is 2.50. The molecule has 1 rings (SSSR count). The fourth-order valence-corrected chi connectivity index (χ4v) is 1.05. The largest absolute Gasteiger partial charge is 0.468 e. The van der Waals surface area contributed by atoms with Crippen LogP contribution in [-0.2, 0) is 14.3 Å². The molecule has 1 saturated heterocycles. The molecule has 5 heteroatoms. The molecule has 1 fully saturated rings. The fraction of sp³-hybridized carbons (Fsp3) is 0.714. The van der Waals surface area contributed by atoms with Crippen molar-refractivity contribution in [3.8, 4) is 0 Å². The summed E-state index contributed by atoms with van der Waals surface area (Å²) < 4.78 is 4.43. The van der Waals surface area contributed by atoms with Gasteiger partial charge in [-0.05, 0) is 0 Å². The average Bonchev–Trinajstić information content (AvgIpc) is 2.47. The molecule has 0 spiro atoms. The molecule has 68 valence electrons. The molecule has 1 amide bonds.